The molecule has 5 rings (SSSR count). The Morgan fingerprint density at radius 3 is 2.33 bits per heavy atom. The zero-order valence-electron chi connectivity index (χ0n) is 10.9. The van der Waals surface area contributed by atoms with Crippen molar-refractivity contribution < 1.29 is 0 Å². The summed E-state index contributed by atoms with van der Waals surface area (Å²) in [5.41, 5.74) is 3.16. The monoisotopic (exact) mass is 204 g/mol. The molecule has 7 unspecified atom stereocenters. The molecule has 5 fully saturated rings. The molecule has 0 aromatic carbocycles. The van der Waals surface area contributed by atoms with Crippen molar-refractivity contribution in [1.29, 1.82) is 0 Å². The van der Waals surface area contributed by atoms with Crippen molar-refractivity contribution in [3.8, 4) is 0 Å². The van der Waals surface area contributed by atoms with Crippen molar-refractivity contribution in [2.75, 3.05) is 0 Å². The number of rotatable bonds is 2. The van der Waals surface area contributed by atoms with Gasteiger partial charge in [-0.3, -0.25) is 0 Å². The molecule has 5 aliphatic rings. The van der Waals surface area contributed by atoms with E-state index in [2.05, 4.69) is 34.6 Å². The van der Waals surface area contributed by atoms with Crippen molar-refractivity contribution in [3.05, 3.63) is 0 Å². The molecule has 0 amide bonds. The molecule has 0 heterocycles. The van der Waals surface area contributed by atoms with E-state index >= 15 is 0 Å². The lowest BCUT2D eigenvalue weighted by atomic mass is 9.34. The quantitative estimate of drug-likeness (QED) is 0.635. The maximum absolute atomic E-state index is 2.63. The summed E-state index contributed by atoms with van der Waals surface area (Å²) in [6.45, 7) is 12.7. The highest BCUT2D eigenvalue weighted by Crippen LogP contribution is 3.17. The Morgan fingerprint density at radius 1 is 1.20 bits per heavy atom. The summed E-state index contributed by atoms with van der Waals surface area (Å²) in [7, 11) is 0. The number of hydrogen-bond donors (Lipinski definition) is 0. The Labute approximate surface area is 93.8 Å². The fourth-order valence-corrected chi connectivity index (χ4v) is 8.32. The fourth-order valence-electron chi connectivity index (χ4n) is 8.32. The summed E-state index contributed by atoms with van der Waals surface area (Å²) in [4.78, 5) is 0. The van der Waals surface area contributed by atoms with Gasteiger partial charge in [-0.15, -0.1) is 0 Å². The molecule has 0 heteroatoms. The predicted molar refractivity (Wildman–Crippen MR) is 62.4 cm³/mol. The van der Waals surface area contributed by atoms with Crippen LogP contribution >= 0.6 is 0 Å². The van der Waals surface area contributed by atoms with Gasteiger partial charge in [0.1, 0.15) is 0 Å². The summed E-state index contributed by atoms with van der Waals surface area (Å²) >= 11 is 0. The van der Waals surface area contributed by atoms with Crippen LogP contribution in [0.3, 0.4) is 0 Å². The minimum atomic E-state index is 0.741. The van der Waals surface area contributed by atoms with Gasteiger partial charge < -0.3 is 0 Å². The van der Waals surface area contributed by atoms with Crippen molar-refractivity contribution in [2.24, 2.45) is 39.4 Å². The molecule has 0 N–H and O–H groups in total. The van der Waals surface area contributed by atoms with E-state index in [0.717, 1.165) is 39.4 Å². The van der Waals surface area contributed by atoms with Gasteiger partial charge in [0.2, 0.25) is 0 Å². The Balaban J connectivity index is 1.90. The molecule has 1 spiro atoms. The second kappa shape index (κ2) is 1.83. The highest BCUT2D eigenvalue weighted by atomic mass is 15.2. The zero-order chi connectivity index (χ0) is 10.9. The highest BCUT2D eigenvalue weighted by Gasteiger charge is 3.14. The molecule has 0 aliphatic heterocycles. The third kappa shape index (κ3) is 0.400. The average Bonchev–Trinajstić information content (AvgIpc) is 2.92. The first-order chi connectivity index (χ1) is 7.01. The minimum Gasteiger partial charge on any atom is -0.0651 e. The molecule has 0 radical (unpaired) electrons. The molecule has 5 saturated carbocycles. The SMILES string of the molecule is CCC1C2(CC)C(C)CC3C4(C)C13C24C. The highest BCUT2D eigenvalue weighted by molar-refractivity contribution is 5.60. The van der Waals surface area contributed by atoms with E-state index in [1.165, 1.54) is 12.8 Å². The molecule has 0 nitrogen and oxygen atoms in total. The first kappa shape index (κ1) is 9.07. The maximum atomic E-state index is 2.63. The van der Waals surface area contributed by atoms with E-state index in [4.69, 9.17) is 0 Å². The third-order valence-electron chi connectivity index (χ3n) is 8.39. The van der Waals surface area contributed by atoms with Crippen LogP contribution in [0.4, 0.5) is 0 Å². The molecule has 5 aliphatic carbocycles. The largest absolute Gasteiger partial charge is 0.0651 e. The molecule has 0 saturated heterocycles. The molecule has 15 heavy (non-hydrogen) atoms. The Morgan fingerprint density at radius 2 is 1.87 bits per heavy atom. The summed E-state index contributed by atoms with van der Waals surface area (Å²) in [5, 5.41) is 0. The van der Waals surface area contributed by atoms with Gasteiger partial charge in [-0.05, 0) is 52.3 Å². The van der Waals surface area contributed by atoms with Gasteiger partial charge in [-0.1, -0.05) is 41.0 Å². The van der Waals surface area contributed by atoms with E-state index in [1.807, 2.05) is 0 Å². The molecule has 0 aromatic heterocycles. The van der Waals surface area contributed by atoms with Gasteiger partial charge in [-0.2, -0.15) is 0 Å². The van der Waals surface area contributed by atoms with Crippen LogP contribution in [0.25, 0.3) is 0 Å². The van der Waals surface area contributed by atoms with Crippen LogP contribution in [0, 0.1) is 39.4 Å². The first-order valence-electron chi connectivity index (χ1n) is 7.01. The second-order valence-electron chi connectivity index (χ2n) is 7.24. The Bertz CT molecular complexity index is 372. The van der Waals surface area contributed by atoms with Crippen molar-refractivity contribution >= 4 is 0 Å². The van der Waals surface area contributed by atoms with Gasteiger partial charge in [0.25, 0.3) is 0 Å². The van der Waals surface area contributed by atoms with E-state index in [9.17, 15) is 0 Å². The summed E-state index contributed by atoms with van der Waals surface area (Å²) in [6, 6.07) is 0. The lowest BCUT2D eigenvalue weighted by molar-refractivity contribution is -0.231. The normalized spacial score (nSPS) is 77.0. The Hall–Kier alpha value is 0. The van der Waals surface area contributed by atoms with Crippen molar-refractivity contribution in [1.82, 2.24) is 0 Å². The topological polar surface area (TPSA) is 0 Å². The minimum absolute atomic E-state index is 0.741. The second-order valence-corrected chi connectivity index (χ2v) is 7.24. The van der Waals surface area contributed by atoms with Gasteiger partial charge in [-0.25, -0.2) is 0 Å². The van der Waals surface area contributed by atoms with Crippen LogP contribution in [0.1, 0.15) is 53.9 Å². The van der Waals surface area contributed by atoms with E-state index < -0.39 is 0 Å². The van der Waals surface area contributed by atoms with Gasteiger partial charge in [0.05, 0.1) is 0 Å². The molecule has 7 atom stereocenters. The maximum Gasteiger partial charge on any atom is -0.0103 e. The standard InChI is InChI=1S/C15H24/c1-6-10-14(7-2)9(3)8-11-12(4)13(14,5)15(10,11)12/h9-11H,6-8H2,1-5H3. The van der Waals surface area contributed by atoms with Crippen LogP contribution in [0.2, 0.25) is 0 Å². The lowest BCUT2D eigenvalue weighted by Gasteiger charge is -2.70. The van der Waals surface area contributed by atoms with E-state index in [1.54, 1.807) is 6.42 Å². The molecule has 84 valence electrons. The van der Waals surface area contributed by atoms with Crippen LogP contribution in [-0.2, 0) is 0 Å². The smallest absolute Gasteiger partial charge is 0.0103 e. The van der Waals surface area contributed by atoms with Crippen LogP contribution < -0.4 is 0 Å². The summed E-state index contributed by atoms with van der Waals surface area (Å²) < 4.78 is 0. The van der Waals surface area contributed by atoms with Crippen LogP contribution in [0.5, 0.6) is 0 Å². The van der Waals surface area contributed by atoms with Crippen molar-refractivity contribution in [3.63, 3.8) is 0 Å². The molecule has 0 aromatic rings. The molecular formula is C15H24. The van der Waals surface area contributed by atoms with Gasteiger partial charge in [0.15, 0.2) is 0 Å². The average molecular weight is 204 g/mol. The van der Waals surface area contributed by atoms with Crippen molar-refractivity contribution in [2.45, 2.75) is 53.9 Å². The Kier molecular flexibility index (Phi) is 1.10. The molecular weight excluding hydrogens is 180 g/mol. The van der Waals surface area contributed by atoms with Gasteiger partial charge in [0, 0.05) is 0 Å². The van der Waals surface area contributed by atoms with E-state index in [0.29, 0.717) is 0 Å². The number of fused-ring (bicyclic) bond motifs is 1. The summed E-state index contributed by atoms with van der Waals surface area (Å²) in [6.07, 6.45) is 4.43. The van der Waals surface area contributed by atoms with Crippen LogP contribution in [-0.4, -0.2) is 0 Å². The third-order valence-corrected chi connectivity index (χ3v) is 8.39. The lowest BCUT2D eigenvalue weighted by Crippen LogP contribution is -2.65. The molecule has 3 bridgehead atoms. The van der Waals surface area contributed by atoms with Gasteiger partial charge >= 0.3 is 0 Å². The van der Waals surface area contributed by atoms with Crippen LogP contribution in [0.15, 0.2) is 0 Å². The first-order valence-corrected chi connectivity index (χ1v) is 7.01. The number of hydrogen-bond acceptors (Lipinski definition) is 0. The summed E-state index contributed by atoms with van der Waals surface area (Å²) in [5.74, 6) is 3.21. The fraction of sp³-hybridized carbons (Fsp3) is 1.00. The predicted octanol–water partition coefficient (Wildman–Crippen LogP) is 4.10. The van der Waals surface area contributed by atoms with E-state index in [-0.39, 0.29) is 0 Å². The zero-order valence-corrected chi connectivity index (χ0v) is 10.9.